The van der Waals surface area contributed by atoms with Gasteiger partial charge in [0.1, 0.15) is 5.75 Å². The van der Waals surface area contributed by atoms with Gasteiger partial charge in [0.15, 0.2) is 0 Å². The monoisotopic (exact) mass is 487 g/mol. The number of carbonyl (C=O) groups is 1. The average molecular weight is 488 g/mol. The Labute approximate surface area is 196 Å². The Balaban J connectivity index is 2.22. The number of carboxylic acid groups (broad SMARTS) is 1. The number of hydrogen-bond acceptors (Lipinski definition) is 4. The smallest absolute Gasteiger partial charge is 0.419 e. The molecule has 182 valence electrons. The van der Waals surface area contributed by atoms with E-state index in [1.54, 1.807) is 34.6 Å². The molecule has 10 heteroatoms. The molecule has 0 bridgehead atoms. The summed E-state index contributed by atoms with van der Waals surface area (Å²) < 4.78 is 46.8. The Hall–Kier alpha value is -2.55. The lowest BCUT2D eigenvalue weighted by atomic mass is 9.87. The largest absolute Gasteiger partial charge is 0.493 e. The third kappa shape index (κ3) is 6.96. The Morgan fingerprint density at radius 3 is 2.33 bits per heavy atom. The van der Waals surface area contributed by atoms with Crippen molar-refractivity contribution in [2.45, 2.75) is 65.2 Å². The minimum atomic E-state index is -4.64. The van der Waals surface area contributed by atoms with Gasteiger partial charge in [-0.1, -0.05) is 6.92 Å². The molecule has 0 aliphatic rings. The van der Waals surface area contributed by atoms with Gasteiger partial charge < -0.3 is 9.84 Å². The van der Waals surface area contributed by atoms with Crippen molar-refractivity contribution in [2.24, 2.45) is 5.92 Å². The molecule has 0 aliphatic carbocycles. The van der Waals surface area contributed by atoms with Crippen LogP contribution in [-0.4, -0.2) is 43.8 Å². The molecule has 0 fully saturated rings. The number of amides is 1. The zero-order valence-corrected chi connectivity index (χ0v) is 20.3. The van der Waals surface area contributed by atoms with Crippen molar-refractivity contribution in [3.63, 3.8) is 0 Å². The molecule has 33 heavy (non-hydrogen) atoms. The highest BCUT2D eigenvalue weighted by atomic mass is 35.5. The number of ether oxygens (including phenoxy) is 1. The highest BCUT2D eigenvalue weighted by Gasteiger charge is 2.40. The fourth-order valence-corrected chi connectivity index (χ4v) is 4.37. The fraction of sp³-hybridized carbons (Fsp3) is 0.522. The predicted molar refractivity (Wildman–Crippen MR) is 120 cm³/mol. The van der Waals surface area contributed by atoms with Crippen molar-refractivity contribution >= 4 is 17.7 Å². The van der Waals surface area contributed by atoms with Crippen LogP contribution in [0.2, 0.25) is 5.28 Å². The van der Waals surface area contributed by atoms with Crippen molar-refractivity contribution in [1.29, 1.82) is 0 Å². The van der Waals surface area contributed by atoms with Crippen molar-refractivity contribution < 1.29 is 27.8 Å². The molecule has 1 aromatic carbocycles. The summed E-state index contributed by atoms with van der Waals surface area (Å²) in [5, 5.41) is 9.61. The van der Waals surface area contributed by atoms with Gasteiger partial charge in [0, 0.05) is 22.8 Å². The van der Waals surface area contributed by atoms with Gasteiger partial charge in [-0.3, -0.25) is 4.90 Å². The molecule has 0 saturated heterocycles. The first-order valence-corrected chi connectivity index (χ1v) is 10.8. The first kappa shape index (κ1) is 26.7. The van der Waals surface area contributed by atoms with Crippen LogP contribution in [-0.2, 0) is 6.18 Å². The van der Waals surface area contributed by atoms with Gasteiger partial charge in [-0.15, -0.1) is 0 Å². The minimum absolute atomic E-state index is 0.0111. The molecule has 0 aliphatic heterocycles. The maximum atomic E-state index is 13.7. The molecule has 1 N–H and O–H groups in total. The van der Waals surface area contributed by atoms with Crippen LogP contribution in [0.5, 0.6) is 5.75 Å². The SMILES string of the molecule is C[C@H](COc1ccc(-c2ccnc(Cl)n2)cc1C(F)(F)F)CC(C)(C)N(C(=O)O)C(C)(C)C. The number of halogens is 4. The number of benzene rings is 1. The van der Waals surface area contributed by atoms with E-state index >= 15 is 0 Å². The number of rotatable bonds is 7. The maximum absolute atomic E-state index is 13.7. The topological polar surface area (TPSA) is 75.6 Å². The Bertz CT molecular complexity index is 991. The van der Waals surface area contributed by atoms with Gasteiger partial charge in [-0.2, -0.15) is 13.2 Å². The summed E-state index contributed by atoms with van der Waals surface area (Å²) in [5.74, 6) is -0.521. The lowest BCUT2D eigenvalue weighted by Gasteiger charge is -2.46. The average Bonchev–Trinajstić information content (AvgIpc) is 2.63. The third-order valence-corrected chi connectivity index (χ3v) is 5.23. The van der Waals surface area contributed by atoms with Crippen molar-refractivity contribution in [3.8, 4) is 17.0 Å². The molecule has 1 amide bonds. The molecule has 1 atom stereocenters. The molecule has 2 aromatic rings. The molecular formula is C23H29ClF3N3O3. The molecule has 2 rings (SSSR count). The van der Waals surface area contributed by atoms with Crippen LogP contribution in [0, 0.1) is 5.92 Å². The van der Waals surface area contributed by atoms with E-state index in [9.17, 15) is 23.1 Å². The van der Waals surface area contributed by atoms with Crippen molar-refractivity contribution in [2.75, 3.05) is 6.61 Å². The van der Waals surface area contributed by atoms with Crippen LogP contribution in [0.4, 0.5) is 18.0 Å². The lowest BCUT2D eigenvalue weighted by Crippen LogP contribution is -2.57. The number of aromatic nitrogens is 2. The fourth-order valence-electron chi connectivity index (χ4n) is 4.22. The maximum Gasteiger partial charge on any atom is 0.419 e. The molecule has 0 spiro atoms. The minimum Gasteiger partial charge on any atom is -0.493 e. The van der Waals surface area contributed by atoms with Gasteiger partial charge in [0.25, 0.3) is 0 Å². The summed E-state index contributed by atoms with van der Waals surface area (Å²) in [5.41, 5.74) is -1.83. The second-order valence-electron chi connectivity index (χ2n) is 9.64. The molecule has 1 heterocycles. The van der Waals surface area contributed by atoms with E-state index in [1.165, 1.54) is 29.3 Å². The van der Waals surface area contributed by atoms with Crippen LogP contribution in [0.3, 0.4) is 0 Å². The summed E-state index contributed by atoms with van der Waals surface area (Å²) in [7, 11) is 0. The van der Waals surface area contributed by atoms with E-state index in [0.29, 0.717) is 6.42 Å². The van der Waals surface area contributed by atoms with Crippen LogP contribution in [0.25, 0.3) is 11.3 Å². The zero-order valence-electron chi connectivity index (χ0n) is 19.5. The summed E-state index contributed by atoms with van der Waals surface area (Å²) >= 11 is 5.75. The Morgan fingerprint density at radius 2 is 1.82 bits per heavy atom. The highest BCUT2D eigenvalue weighted by molar-refractivity contribution is 6.28. The first-order chi connectivity index (χ1) is 15.0. The molecule has 1 aromatic heterocycles. The van der Waals surface area contributed by atoms with E-state index in [1.807, 2.05) is 6.92 Å². The second-order valence-corrected chi connectivity index (χ2v) is 9.98. The highest BCUT2D eigenvalue weighted by Crippen LogP contribution is 2.39. The first-order valence-electron chi connectivity index (χ1n) is 10.4. The van der Waals surface area contributed by atoms with Crippen LogP contribution in [0.1, 0.15) is 53.5 Å². The van der Waals surface area contributed by atoms with E-state index in [0.717, 1.165) is 6.07 Å². The van der Waals surface area contributed by atoms with Gasteiger partial charge in [0.2, 0.25) is 5.28 Å². The second kappa shape index (κ2) is 9.75. The van der Waals surface area contributed by atoms with Crippen LogP contribution >= 0.6 is 11.6 Å². The van der Waals surface area contributed by atoms with Gasteiger partial charge in [0.05, 0.1) is 17.9 Å². The van der Waals surface area contributed by atoms with Gasteiger partial charge >= 0.3 is 12.3 Å². The molecule has 0 radical (unpaired) electrons. The number of hydrogen-bond donors (Lipinski definition) is 1. The zero-order chi connectivity index (χ0) is 25.2. The summed E-state index contributed by atoms with van der Waals surface area (Å²) in [6, 6.07) is 5.16. The summed E-state index contributed by atoms with van der Waals surface area (Å²) in [6.07, 6.45) is -3.93. The van der Waals surface area contributed by atoms with E-state index < -0.39 is 28.9 Å². The van der Waals surface area contributed by atoms with Crippen molar-refractivity contribution in [1.82, 2.24) is 14.9 Å². The van der Waals surface area contributed by atoms with E-state index in [-0.39, 0.29) is 34.8 Å². The number of alkyl halides is 3. The molecule has 6 nitrogen and oxygen atoms in total. The Kier molecular flexibility index (Phi) is 7.89. The van der Waals surface area contributed by atoms with E-state index in [4.69, 9.17) is 16.3 Å². The van der Waals surface area contributed by atoms with Crippen LogP contribution < -0.4 is 4.74 Å². The predicted octanol–water partition coefficient (Wildman–Crippen LogP) is 6.78. The standard InChI is InChI=1S/C23H29ClF3N3O3/c1-14(12-22(5,6)30(20(31)32)21(2,3)4)13-33-18-8-7-15(11-16(18)23(25,26)27)17-9-10-28-19(24)29-17/h7-11,14H,12-13H2,1-6H3,(H,31,32)/t14-/m0/s1. The number of nitrogens with zero attached hydrogens (tertiary/aromatic N) is 3. The lowest BCUT2D eigenvalue weighted by molar-refractivity contribution is -0.139. The van der Waals surface area contributed by atoms with Gasteiger partial charge in [-0.25, -0.2) is 14.8 Å². The Morgan fingerprint density at radius 1 is 1.18 bits per heavy atom. The normalized spacial score (nSPS) is 13.5. The third-order valence-electron chi connectivity index (χ3n) is 5.05. The molecular weight excluding hydrogens is 459 g/mol. The summed E-state index contributed by atoms with van der Waals surface area (Å²) in [6.45, 7) is 10.8. The molecule has 0 unspecified atom stereocenters. The van der Waals surface area contributed by atoms with Gasteiger partial charge in [-0.05, 0) is 82.8 Å². The van der Waals surface area contributed by atoms with Crippen molar-refractivity contribution in [3.05, 3.63) is 41.3 Å². The van der Waals surface area contributed by atoms with E-state index in [2.05, 4.69) is 9.97 Å². The summed E-state index contributed by atoms with van der Waals surface area (Å²) in [4.78, 5) is 20.9. The molecule has 0 saturated carbocycles. The van der Waals surface area contributed by atoms with Crippen LogP contribution in [0.15, 0.2) is 30.5 Å². The quantitative estimate of drug-likeness (QED) is 0.436.